The van der Waals surface area contributed by atoms with Crippen LogP contribution in [0.25, 0.3) is 0 Å². The molecule has 4 rings (SSSR count). The first-order valence-corrected chi connectivity index (χ1v) is 9.41. The average Bonchev–Trinajstić information content (AvgIpc) is 3.16. The van der Waals surface area contributed by atoms with E-state index in [-0.39, 0.29) is 0 Å². The van der Waals surface area contributed by atoms with E-state index in [1.165, 1.54) is 24.1 Å². The number of hydrogen-bond donors (Lipinski definition) is 0. The molecular weight excluding hydrogens is 298 g/mol. The summed E-state index contributed by atoms with van der Waals surface area (Å²) < 4.78 is 0. The molecule has 2 aliphatic heterocycles. The highest BCUT2D eigenvalue weighted by Crippen LogP contribution is 2.59. The second-order valence-corrected chi connectivity index (χ2v) is 7.99. The SMILES string of the molecule is CCC12CC1CN(C(=O)CN1CCN(c3cccc(C)c3)CC1)C2. The minimum Gasteiger partial charge on any atom is -0.369 e. The smallest absolute Gasteiger partial charge is 0.236 e. The quantitative estimate of drug-likeness (QED) is 0.849. The Kier molecular flexibility index (Phi) is 4.03. The third-order valence-electron chi connectivity index (χ3n) is 6.46. The number of amides is 1. The highest BCUT2D eigenvalue weighted by atomic mass is 16.2. The average molecular weight is 327 g/mol. The second kappa shape index (κ2) is 6.07. The van der Waals surface area contributed by atoms with E-state index < -0.39 is 0 Å². The lowest BCUT2D eigenvalue weighted by Gasteiger charge is -2.36. The molecule has 3 aliphatic rings. The Morgan fingerprint density at radius 1 is 1.25 bits per heavy atom. The van der Waals surface area contributed by atoms with Crippen LogP contribution in [0.3, 0.4) is 0 Å². The van der Waals surface area contributed by atoms with Gasteiger partial charge in [0, 0.05) is 45.0 Å². The number of anilines is 1. The summed E-state index contributed by atoms with van der Waals surface area (Å²) in [6.45, 7) is 11.0. The van der Waals surface area contributed by atoms with Crippen molar-refractivity contribution in [2.24, 2.45) is 11.3 Å². The molecule has 0 aromatic heterocycles. The van der Waals surface area contributed by atoms with Crippen molar-refractivity contribution in [1.29, 1.82) is 0 Å². The molecule has 1 amide bonds. The van der Waals surface area contributed by atoms with Gasteiger partial charge in [0.25, 0.3) is 0 Å². The summed E-state index contributed by atoms with van der Waals surface area (Å²) in [5, 5.41) is 0. The zero-order chi connectivity index (χ0) is 16.7. The Labute approximate surface area is 145 Å². The van der Waals surface area contributed by atoms with E-state index in [0.717, 1.165) is 45.2 Å². The molecule has 1 aromatic carbocycles. The molecule has 0 N–H and O–H groups in total. The van der Waals surface area contributed by atoms with Gasteiger partial charge in [-0.1, -0.05) is 19.1 Å². The van der Waals surface area contributed by atoms with Crippen molar-refractivity contribution < 1.29 is 4.79 Å². The van der Waals surface area contributed by atoms with Crippen molar-refractivity contribution >= 4 is 11.6 Å². The second-order valence-electron chi connectivity index (χ2n) is 7.99. The topological polar surface area (TPSA) is 26.8 Å². The van der Waals surface area contributed by atoms with Crippen LogP contribution >= 0.6 is 0 Å². The Balaban J connectivity index is 1.27. The van der Waals surface area contributed by atoms with Crippen LogP contribution in [-0.2, 0) is 4.79 Å². The van der Waals surface area contributed by atoms with E-state index in [2.05, 4.69) is 52.8 Å². The van der Waals surface area contributed by atoms with Gasteiger partial charge in [0.15, 0.2) is 0 Å². The predicted molar refractivity (Wildman–Crippen MR) is 97.2 cm³/mol. The largest absolute Gasteiger partial charge is 0.369 e. The van der Waals surface area contributed by atoms with Crippen LogP contribution in [0.15, 0.2) is 24.3 Å². The fraction of sp³-hybridized carbons (Fsp3) is 0.650. The summed E-state index contributed by atoms with van der Waals surface area (Å²) in [7, 11) is 0. The van der Waals surface area contributed by atoms with E-state index in [9.17, 15) is 4.79 Å². The maximum absolute atomic E-state index is 12.6. The van der Waals surface area contributed by atoms with E-state index in [1.807, 2.05) is 0 Å². The van der Waals surface area contributed by atoms with Gasteiger partial charge in [-0.3, -0.25) is 9.69 Å². The van der Waals surface area contributed by atoms with Crippen molar-refractivity contribution in [1.82, 2.24) is 9.80 Å². The fourth-order valence-corrected chi connectivity index (χ4v) is 4.61. The fourth-order valence-electron chi connectivity index (χ4n) is 4.61. The van der Waals surface area contributed by atoms with Crippen molar-refractivity contribution in [3.8, 4) is 0 Å². The molecule has 3 fully saturated rings. The number of benzene rings is 1. The number of piperidine rings is 1. The van der Waals surface area contributed by atoms with Gasteiger partial charge >= 0.3 is 0 Å². The number of nitrogens with zero attached hydrogens (tertiary/aromatic N) is 3. The van der Waals surface area contributed by atoms with E-state index in [4.69, 9.17) is 0 Å². The summed E-state index contributed by atoms with van der Waals surface area (Å²) in [5.41, 5.74) is 3.12. The lowest BCUT2D eigenvalue weighted by molar-refractivity contribution is -0.132. The highest BCUT2D eigenvalue weighted by molar-refractivity contribution is 5.79. The van der Waals surface area contributed by atoms with Gasteiger partial charge in [-0.25, -0.2) is 0 Å². The number of hydrogen-bond acceptors (Lipinski definition) is 3. The minimum absolute atomic E-state index is 0.346. The zero-order valence-corrected chi connectivity index (χ0v) is 15.0. The summed E-state index contributed by atoms with van der Waals surface area (Å²) >= 11 is 0. The third kappa shape index (κ3) is 2.92. The van der Waals surface area contributed by atoms with Crippen LogP contribution in [0.1, 0.15) is 25.3 Å². The van der Waals surface area contributed by atoms with Gasteiger partial charge in [0.2, 0.25) is 5.91 Å². The molecule has 1 aromatic rings. The maximum atomic E-state index is 12.6. The van der Waals surface area contributed by atoms with E-state index in [1.54, 1.807) is 0 Å². The molecule has 0 radical (unpaired) electrons. The van der Waals surface area contributed by atoms with Crippen LogP contribution in [0.4, 0.5) is 5.69 Å². The molecule has 24 heavy (non-hydrogen) atoms. The summed E-state index contributed by atoms with van der Waals surface area (Å²) in [6, 6.07) is 8.71. The number of carbonyl (C=O) groups excluding carboxylic acids is 1. The number of carbonyl (C=O) groups is 1. The number of piperazine rings is 1. The first-order chi connectivity index (χ1) is 11.6. The minimum atomic E-state index is 0.346. The molecule has 4 nitrogen and oxygen atoms in total. The maximum Gasteiger partial charge on any atom is 0.236 e. The molecule has 130 valence electrons. The lowest BCUT2D eigenvalue weighted by atomic mass is 10.0. The molecule has 4 heteroatoms. The lowest BCUT2D eigenvalue weighted by Crippen LogP contribution is -2.50. The third-order valence-corrected chi connectivity index (χ3v) is 6.46. The Hall–Kier alpha value is -1.55. The van der Waals surface area contributed by atoms with Gasteiger partial charge in [0.1, 0.15) is 0 Å². The molecule has 1 aliphatic carbocycles. The molecule has 2 heterocycles. The van der Waals surface area contributed by atoms with Crippen LogP contribution in [-0.4, -0.2) is 61.5 Å². The summed E-state index contributed by atoms with van der Waals surface area (Å²) in [4.78, 5) is 19.5. The van der Waals surface area contributed by atoms with E-state index >= 15 is 0 Å². The first kappa shape index (κ1) is 15.9. The van der Waals surface area contributed by atoms with Crippen molar-refractivity contribution in [2.45, 2.75) is 26.7 Å². The van der Waals surface area contributed by atoms with Gasteiger partial charge in [-0.05, 0) is 48.8 Å². The van der Waals surface area contributed by atoms with Gasteiger partial charge in [-0.15, -0.1) is 0 Å². The molecule has 2 unspecified atom stereocenters. The first-order valence-electron chi connectivity index (χ1n) is 9.41. The summed E-state index contributed by atoms with van der Waals surface area (Å²) in [6.07, 6.45) is 2.58. The van der Waals surface area contributed by atoms with Crippen LogP contribution in [0.2, 0.25) is 0 Å². The number of fused-ring (bicyclic) bond motifs is 1. The highest BCUT2D eigenvalue weighted by Gasteiger charge is 2.59. The molecule has 1 saturated carbocycles. The number of aryl methyl sites for hydroxylation is 1. The Bertz CT molecular complexity index is 619. The standard InChI is InChI=1S/C20H29N3O/c1-3-20-12-17(20)13-23(15-20)19(24)14-21-7-9-22(10-8-21)18-6-4-5-16(2)11-18/h4-6,11,17H,3,7-10,12-15H2,1-2H3. The van der Waals surface area contributed by atoms with E-state index in [0.29, 0.717) is 17.9 Å². The van der Waals surface area contributed by atoms with Crippen LogP contribution < -0.4 is 4.90 Å². The predicted octanol–water partition coefficient (Wildman–Crippen LogP) is 2.38. The molecular formula is C20H29N3O. The molecule has 2 saturated heterocycles. The zero-order valence-electron chi connectivity index (χ0n) is 15.0. The van der Waals surface area contributed by atoms with Gasteiger partial charge in [-0.2, -0.15) is 0 Å². The molecule has 2 atom stereocenters. The van der Waals surface area contributed by atoms with Gasteiger partial charge < -0.3 is 9.80 Å². The molecule has 0 spiro atoms. The van der Waals surface area contributed by atoms with Crippen molar-refractivity contribution in [3.05, 3.63) is 29.8 Å². The number of rotatable bonds is 4. The Morgan fingerprint density at radius 3 is 2.71 bits per heavy atom. The Morgan fingerprint density at radius 2 is 2.04 bits per heavy atom. The van der Waals surface area contributed by atoms with Crippen LogP contribution in [0, 0.1) is 18.3 Å². The monoisotopic (exact) mass is 327 g/mol. The molecule has 0 bridgehead atoms. The normalized spacial score (nSPS) is 29.7. The number of likely N-dealkylation sites (tertiary alicyclic amines) is 1. The van der Waals surface area contributed by atoms with Gasteiger partial charge in [0.05, 0.1) is 6.54 Å². The van der Waals surface area contributed by atoms with Crippen molar-refractivity contribution in [2.75, 3.05) is 50.7 Å². The van der Waals surface area contributed by atoms with Crippen LogP contribution in [0.5, 0.6) is 0 Å². The summed E-state index contributed by atoms with van der Waals surface area (Å²) in [5.74, 6) is 1.14. The van der Waals surface area contributed by atoms with Crippen molar-refractivity contribution in [3.63, 3.8) is 0 Å².